The Morgan fingerprint density at radius 1 is 1.62 bits per heavy atom. The van der Waals surface area contributed by atoms with E-state index in [-0.39, 0.29) is 12.6 Å². The molecule has 0 radical (unpaired) electrons. The summed E-state index contributed by atoms with van der Waals surface area (Å²) in [6, 6.07) is -0.199. The fourth-order valence-corrected chi connectivity index (χ4v) is 0. The van der Waals surface area contributed by atoms with Crippen LogP contribution >= 0.6 is 38.7 Å². The topological polar surface area (TPSA) is 47.6 Å². The molecule has 0 rings (SSSR count). The van der Waals surface area contributed by atoms with Crippen molar-refractivity contribution < 1.29 is 11.2 Å². The van der Waals surface area contributed by atoms with Gasteiger partial charge in [0.15, 0.2) is 0 Å². The van der Waals surface area contributed by atoms with Crippen LogP contribution in [0.1, 0.15) is 6.92 Å². The molecule has 54 valence electrons. The molecule has 0 aliphatic carbocycles. The van der Waals surface area contributed by atoms with Crippen LogP contribution in [0.15, 0.2) is 0 Å². The third-order valence-corrected chi connectivity index (χ3v) is 0.306. The van der Waals surface area contributed by atoms with Crippen molar-refractivity contribution in [2.24, 2.45) is 0 Å². The van der Waals surface area contributed by atoms with Crippen molar-refractivity contribution in [1.29, 1.82) is 0 Å². The molecular weight excluding hydrogens is 513 g/mol. The van der Waals surface area contributed by atoms with Gasteiger partial charge in [0.25, 0.3) is 0 Å². The van der Waals surface area contributed by atoms with Crippen molar-refractivity contribution in [3.63, 3.8) is 0 Å². The molecule has 0 bridgehead atoms. The first kappa shape index (κ1) is 12.7. The Morgan fingerprint density at radius 2 is 1.75 bits per heavy atom. The van der Waals surface area contributed by atoms with E-state index in [2.05, 4.69) is 38.7 Å². The minimum atomic E-state index is -0.199. The van der Waals surface area contributed by atoms with Crippen LogP contribution in [0.2, 0.25) is 0 Å². The van der Waals surface area contributed by atoms with Crippen molar-refractivity contribution in [3.05, 3.63) is 11.5 Å². The summed E-state index contributed by atoms with van der Waals surface area (Å²) >= 11 is 5.30. The molecule has 0 heterocycles. The molecule has 2 nitrogen and oxygen atoms in total. The summed E-state index contributed by atoms with van der Waals surface area (Å²) < 4.78 is 0. The molecule has 0 aliphatic rings. The summed E-state index contributed by atoms with van der Waals surface area (Å²) in [5.74, 6) is 0. The van der Waals surface area contributed by atoms with E-state index in [1.54, 1.807) is 6.92 Å². The van der Waals surface area contributed by atoms with Gasteiger partial charge in [-0.05, 0) is 0 Å². The molecule has 0 saturated carbocycles. The summed E-state index contributed by atoms with van der Waals surface area (Å²) in [5.41, 5.74) is 13.1. The summed E-state index contributed by atoms with van der Waals surface area (Å²) in [6.45, 7) is 1.92. The Bertz CT molecular complexity index is 36.5. The van der Waals surface area contributed by atoms with Gasteiger partial charge in [-0.3, -0.25) is 0 Å². The Labute approximate surface area is 79.7 Å². The molecule has 1 unspecified atom stereocenters. The molecule has 8 heavy (non-hydrogen) atoms. The van der Waals surface area contributed by atoms with Crippen LogP contribution in [-0.2, 0) is 11.2 Å². The van der Waals surface area contributed by atoms with E-state index in [9.17, 15) is 0 Å². The monoisotopic (exact) mass is 521 g/mol. The summed E-state index contributed by atoms with van der Waals surface area (Å²) in [4.78, 5) is 0. The first-order valence-electron chi connectivity index (χ1n) is 1.87. The minimum absolute atomic E-state index is 0.199. The first-order chi connectivity index (χ1) is 3.68. The van der Waals surface area contributed by atoms with Gasteiger partial charge in [0, 0.05) is 0 Å². The third-order valence-electron chi connectivity index (χ3n) is 0.306. The first-order valence-corrected chi connectivity index (χ1v) is 14.8. The summed E-state index contributed by atoms with van der Waals surface area (Å²) in [7, 11) is 0. The molecule has 0 aromatic carbocycles. The van der Waals surface area contributed by atoms with Crippen molar-refractivity contribution in [1.82, 2.24) is 0 Å². The number of hydrogen-bond donors (Lipinski definition) is 0. The van der Waals surface area contributed by atoms with Gasteiger partial charge in [-0.25, -0.2) is 0 Å². The van der Waals surface area contributed by atoms with Crippen molar-refractivity contribution in [3.8, 4) is 0 Å². The second-order valence-electron chi connectivity index (χ2n) is 1.15. The van der Waals surface area contributed by atoms with Crippen LogP contribution in [-0.4, -0.2) is 12.6 Å². The van der Waals surface area contributed by atoms with E-state index in [1.165, 1.54) is 0 Å². The van der Waals surface area contributed by atoms with Gasteiger partial charge in [-0.2, -0.15) is 12.6 Å². The average molecular weight is 521 g/mol. The van der Waals surface area contributed by atoms with Crippen LogP contribution in [0.25, 0.3) is 11.5 Å². The molecule has 5 heteroatoms. The molecule has 0 spiro atoms. The number of hydrogen-bond acceptors (Lipinski definition) is 0. The van der Waals surface area contributed by atoms with Crippen LogP contribution in [0, 0.1) is 0 Å². The van der Waals surface area contributed by atoms with E-state index >= 15 is 0 Å². The van der Waals surface area contributed by atoms with E-state index in [4.69, 9.17) is 11.5 Å². The zero-order chi connectivity index (χ0) is 6.99. The van der Waals surface area contributed by atoms with Gasteiger partial charge in [0.2, 0.25) is 0 Å². The maximum absolute atomic E-state index is 6.64. The molecule has 1 atom stereocenters. The molecule has 0 aromatic rings. The Balaban J connectivity index is 0. The SMILES string of the molecule is CC([NH-])C[NH-].[I][Pt+2][I]. The maximum atomic E-state index is 6.64. The van der Waals surface area contributed by atoms with Gasteiger partial charge in [0.1, 0.15) is 0 Å². The van der Waals surface area contributed by atoms with Crippen LogP contribution in [0.4, 0.5) is 0 Å². The number of nitrogens with one attached hydrogen (secondary N) is 2. The standard InChI is InChI=1S/C3H8N2.2HI.Pt/c1-3(5)2-4;;;/h3-5H,2H2,1H3;2*1H;/q-2;;;+4/p-2. The zero-order valence-corrected chi connectivity index (χ0v) is 10.9. The second kappa shape index (κ2) is 11.8. The van der Waals surface area contributed by atoms with Crippen molar-refractivity contribution >= 4 is 38.7 Å². The molecule has 0 aromatic heterocycles. The van der Waals surface area contributed by atoms with Gasteiger partial charge < -0.3 is 11.5 Å². The normalized spacial score (nSPS) is 12.1. The van der Waals surface area contributed by atoms with Gasteiger partial charge in [-0.15, -0.1) is 0 Å². The van der Waals surface area contributed by atoms with Crippen molar-refractivity contribution in [2.45, 2.75) is 13.0 Å². The Hall–Kier alpha value is 2.07. The van der Waals surface area contributed by atoms with E-state index in [0.29, 0.717) is 11.2 Å². The fourth-order valence-electron chi connectivity index (χ4n) is 0. The van der Waals surface area contributed by atoms with E-state index < -0.39 is 0 Å². The van der Waals surface area contributed by atoms with E-state index in [0.717, 1.165) is 0 Å². The fraction of sp³-hybridized carbons (Fsp3) is 1.00. The Morgan fingerprint density at radius 3 is 1.75 bits per heavy atom. The second-order valence-corrected chi connectivity index (χ2v) is 17.7. The molecule has 0 saturated heterocycles. The van der Waals surface area contributed by atoms with Gasteiger partial charge in [0.05, 0.1) is 0 Å². The van der Waals surface area contributed by atoms with E-state index in [1.807, 2.05) is 0 Å². The predicted octanol–water partition coefficient (Wildman–Crippen LogP) is 3.25. The summed E-state index contributed by atoms with van der Waals surface area (Å²) in [6.07, 6.45) is 0. The zero-order valence-electron chi connectivity index (χ0n) is 4.36. The van der Waals surface area contributed by atoms with Crippen LogP contribution < -0.4 is 0 Å². The predicted molar refractivity (Wildman–Crippen MR) is 51.0 cm³/mol. The van der Waals surface area contributed by atoms with Crippen molar-refractivity contribution in [2.75, 3.05) is 6.54 Å². The molecular formula is C3H8I2N2Pt. The molecule has 2 N–H and O–H groups in total. The number of halogens is 2. The number of rotatable bonds is 1. The van der Waals surface area contributed by atoms with Gasteiger partial charge >= 0.3 is 49.9 Å². The third kappa shape index (κ3) is 24.4. The van der Waals surface area contributed by atoms with Crippen LogP contribution in [0.5, 0.6) is 0 Å². The molecule has 0 aliphatic heterocycles. The van der Waals surface area contributed by atoms with Crippen LogP contribution in [0.3, 0.4) is 0 Å². The average Bonchev–Trinajstić information content (AvgIpc) is 1.69. The molecule has 0 fully saturated rings. The molecule has 0 amide bonds. The van der Waals surface area contributed by atoms with Gasteiger partial charge in [-0.1, -0.05) is 6.92 Å². The summed E-state index contributed by atoms with van der Waals surface area (Å²) in [5, 5.41) is 0. The Kier molecular flexibility index (Phi) is 18.8. The quantitative estimate of drug-likeness (QED) is 0.477.